The highest BCUT2D eigenvalue weighted by atomic mass is 16.6. The predicted molar refractivity (Wildman–Crippen MR) is 45.0 cm³/mol. The van der Waals surface area contributed by atoms with Crippen molar-refractivity contribution in [3.05, 3.63) is 0 Å². The molecule has 0 N–H and O–H groups in total. The zero-order valence-electron chi connectivity index (χ0n) is 7.66. The molecule has 0 bridgehead atoms. The first-order chi connectivity index (χ1) is 6.18. The first-order valence-corrected chi connectivity index (χ1v) is 4.67. The molecule has 0 radical (unpaired) electrons. The van der Waals surface area contributed by atoms with Crippen molar-refractivity contribution in [3.63, 3.8) is 0 Å². The van der Waals surface area contributed by atoms with E-state index in [4.69, 9.17) is 4.74 Å². The first kappa shape index (κ1) is 8.53. The number of carbonyl (C=O) groups is 2. The summed E-state index contributed by atoms with van der Waals surface area (Å²) in [6, 6.07) is 0. The van der Waals surface area contributed by atoms with Crippen LogP contribution >= 0.6 is 0 Å². The molecule has 0 aromatic heterocycles. The second-order valence-corrected chi connectivity index (χ2v) is 3.74. The summed E-state index contributed by atoms with van der Waals surface area (Å²) >= 11 is 0. The van der Waals surface area contributed by atoms with E-state index < -0.39 is 6.09 Å². The molecule has 1 heterocycles. The zero-order valence-corrected chi connectivity index (χ0v) is 7.66. The van der Waals surface area contributed by atoms with Crippen molar-refractivity contribution in [1.29, 1.82) is 0 Å². The number of imide groups is 1. The lowest BCUT2D eigenvalue weighted by atomic mass is 10.0. The Morgan fingerprint density at radius 2 is 2.31 bits per heavy atom. The van der Waals surface area contributed by atoms with Crippen LogP contribution in [-0.4, -0.2) is 29.5 Å². The van der Waals surface area contributed by atoms with Crippen LogP contribution in [0.1, 0.15) is 26.2 Å². The number of ether oxygens (including phenoxy) is 1. The molecule has 2 rings (SSSR count). The van der Waals surface area contributed by atoms with Gasteiger partial charge in [0.2, 0.25) is 5.91 Å². The molecule has 72 valence electrons. The molecule has 0 unspecified atom stereocenters. The molecule has 1 saturated heterocycles. The van der Waals surface area contributed by atoms with Gasteiger partial charge in [0.1, 0.15) is 6.10 Å². The van der Waals surface area contributed by atoms with Crippen molar-refractivity contribution < 1.29 is 14.3 Å². The molecule has 4 heteroatoms. The number of hydrogen-bond donors (Lipinski definition) is 0. The van der Waals surface area contributed by atoms with Crippen LogP contribution in [0.2, 0.25) is 0 Å². The summed E-state index contributed by atoms with van der Waals surface area (Å²) in [5.74, 6) is 0.164. The number of hydrogen-bond acceptors (Lipinski definition) is 3. The summed E-state index contributed by atoms with van der Waals surface area (Å²) in [4.78, 5) is 23.5. The molecule has 0 aromatic rings. The lowest BCUT2D eigenvalue weighted by Gasteiger charge is -2.32. The van der Waals surface area contributed by atoms with Crippen LogP contribution < -0.4 is 0 Å². The minimum Gasteiger partial charge on any atom is -0.445 e. The summed E-state index contributed by atoms with van der Waals surface area (Å²) in [7, 11) is 0. The minimum atomic E-state index is -0.462. The van der Waals surface area contributed by atoms with Gasteiger partial charge >= 0.3 is 6.09 Å². The van der Waals surface area contributed by atoms with Gasteiger partial charge in [-0.25, -0.2) is 9.69 Å². The van der Waals surface area contributed by atoms with Crippen LogP contribution in [0.15, 0.2) is 0 Å². The average molecular weight is 183 g/mol. The molecule has 2 amide bonds. The Bertz CT molecular complexity index is 251. The Morgan fingerprint density at radius 3 is 3.00 bits per heavy atom. The molecule has 1 aliphatic heterocycles. The number of carbonyl (C=O) groups excluding carboxylic acids is 2. The highest BCUT2D eigenvalue weighted by molar-refractivity contribution is 5.91. The van der Waals surface area contributed by atoms with Crippen molar-refractivity contribution in [2.45, 2.75) is 32.3 Å². The van der Waals surface area contributed by atoms with Crippen LogP contribution in [0.4, 0.5) is 4.79 Å². The number of fused-ring (bicyclic) bond motifs is 1. The van der Waals surface area contributed by atoms with Crippen molar-refractivity contribution in [3.8, 4) is 0 Å². The largest absolute Gasteiger partial charge is 0.445 e. The van der Waals surface area contributed by atoms with E-state index in [9.17, 15) is 9.59 Å². The van der Waals surface area contributed by atoms with Gasteiger partial charge in [-0.05, 0) is 19.3 Å². The van der Waals surface area contributed by atoms with Gasteiger partial charge < -0.3 is 4.74 Å². The van der Waals surface area contributed by atoms with Crippen molar-refractivity contribution in [1.82, 2.24) is 4.90 Å². The monoisotopic (exact) mass is 183 g/mol. The Kier molecular flexibility index (Phi) is 1.98. The van der Waals surface area contributed by atoms with E-state index in [0.29, 0.717) is 12.5 Å². The van der Waals surface area contributed by atoms with Crippen LogP contribution in [0.3, 0.4) is 0 Å². The average Bonchev–Trinajstić information content (AvgIpc) is 2.48. The van der Waals surface area contributed by atoms with E-state index in [1.54, 1.807) is 0 Å². The lowest BCUT2D eigenvalue weighted by molar-refractivity contribution is -0.131. The molecule has 0 aromatic carbocycles. The Hall–Kier alpha value is -1.06. The van der Waals surface area contributed by atoms with Crippen molar-refractivity contribution >= 4 is 12.0 Å². The van der Waals surface area contributed by atoms with Crippen molar-refractivity contribution in [2.75, 3.05) is 6.54 Å². The fourth-order valence-corrected chi connectivity index (χ4v) is 2.13. The maximum absolute atomic E-state index is 11.3. The summed E-state index contributed by atoms with van der Waals surface area (Å²) < 4.78 is 5.15. The molecule has 13 heavy (non-hydrogen) atoms. The van der Waals surface area contributed by atoms with Gasteiger partial charge in [0.05, 0.1) is 0 Å². The third kappa shape index (κ3) is 1.41. The normalized spacial score (nSPS) is 32.7. The maximum atomic E-state index is 11.3. The molecular weight excluding hydrogens is 170 g/mol. The number of amides is 2. The molecule has 0 spiro atoms. The molecule has 4 nitrogen and oxygen atoms in total. The quantitative estimate of drug-likeness (QED) is 0.566. The van der Waals surface area contributed by atoms with E-state index in [1.165, 1.54) is 11.8 Å². The number of nitrogens with zero attached hydrogens (tertiary/aromatic N) is 1. The Balaban J connectivity index is 2.09. The maximum Gasteiger partial charge on any atom is 0.416 e. The molecular formula is C9H13NO3. The first-order valence-electron chi connectivity index (χ1n) is 4.67. The summed E-state index contributed by atoms with van der Waals surface area (Å²) in [6.45, 7) is 1.95. The molecule has 1 saturated carbocycles. The minimum absolute atomic E-state index is 0.0723. The van der Waals surface area contributed by atoms with Crippen LogP contribution in [0.25, 0.3) is 0 Å². The van der Waals surface area contributed by atoms with E-state index in [-0.39, 0.29) is 12.0 Å². The summed E-state index contributed by atoms with van der Waals surface area (Å²) in [5, 5.41) is 0. The second-order valence-electron chi connectivity index (χ2n) is 3.74. The standard InChI is InChI=1S/C9H13NO3/c1-6(11)10-5-7-3-2-4-8(7)13-9(10)12/h7-8H,2-5H2,1H3/t7-,8-/m1/s1. The summed E-state index contributed by atoms with van der Waals surface area (Å²) in [6.07, 6.45) is 2.75. The molecule has 2 aliphatic rings. The third-order valence-electron chi connectivity index (χ3n) is 2.86. The van der Waals surface area contributed by atoms with E-state index in [0.717, 1.165) is 19.3 Å². The Labute approximate surface area is 76.8 Å². The fraction of sp³-hybridized carbons (Fsp3) is 0.778. The zero-order chi connectivity index (χ0) is 9.42. The topological polar surface area (TPSA) is 46.6 Å². The summed E-state index contributed by atoms with van der Waals surface area (Å²) in [5.41, 5.74) is 0. The van der Waals surface area contributed by atoms with Gasteiger partial charge in [-0.1, -0.05) is 0 Å². The fourth-order valence-electron chi connectivity index (χ4n) is 2.13. The van der Waals surface area contributed by atoms with Crippen molar-refractivity contribution in [2.24, 2.45) is 5.92 Å². The van der Waals surface area contributed by atoms with Gasteiger partial charge in [0, 0.05) is 19.4 Å². The van der Waals surface area contributed by atoms with E-state index in [2.05, 4.69) is 0 Å². The third-order valence-corrected chi connectivity index (χ3v) is 2.86. The molecule has 2 atom stereocenters. The van der Waals surface area contributed by atoms with Gasteiger partial charge in [-0.15, -0.1) is 0 Å². The SMILES string of the molecule is CC(=O)N1C[C@H]2CCC[C@H]2OC1=O. The Morgan fingerprint density at radius 1 is 1.54 bits per heavy atom. The smallest absolute Gasteiger partial charge is 0.416 e. The van der Waals surface area contributed by atoms with Gasteiger partial charge in [0.15, 0.2) is 0 Å². The number of rotatable bonds is 0. The highest BCUT2D eigenvalue weighted by Crippen LogP contribution is 2.32. The van der Waals surface area contributed by atoms with Gasteiger partial charge in [-0.3, -0.25) is 4.79 Å². The second kappa shape index (κ2) is 3.01. The van der Waals surface area contributed by atoms with E-state index in [1.807, 2.05) is 0 Å². The molecule has 2 fully saturated rings. The predicted octanol–water partition coefficient (Wildman–Crippen LogP) is 1.15. The van der Waals surface area contributed by atoms with Gasteiger partial charge in [-0.2, -0.15) is 0 Å². The van der Waals surface area contributed by atoms with Gasteiger partial charge in [0.25, 0.3) is 0 Å². The van der Waals surface area contributed by atoms with Crippen LogP contribution in [-0.2, 0) is 9.53 Å². The molecule has 1 aliphatic carbocycles. The van der Waals surface area contributed by atoms with Crippen LogP contribution in [0, 0.1) is 5.92 Å². The van der Waals surface area contributed by atoms with Crippen LogP contribution in [0.5, 0.6) is 0 Å². The highest BCUT2D eigenvalue weighted by Gasteiger charge is 2.39. The lowest BCUT2D eigenvalue weighted by Crippen LogP contribution is -2.48. The van der Waals surface area contributed by atoms with E-state index >= 15 is 0 Å².